The van der Waals surface area contributed by atoms with Crippen LogP contribution in [-0.2, 0) is 9.53 Å². The number of hydrogen-bond donors (Lipinski definition) is 2. The number of nitrogens with zero attached hydrogens (tertiary/aromatic N) is 1. The van der Waals surface area contributed by atoms with Gasteiger partial charge in [-0.25, -0.2) is 9.78 Å². The highest BCUT2D eigenvalue weighted by Crippen LogP contribution is 2.44. The Morgan fingerprint density at radius 1 is 1.27 bits per heavy atom. The van der Waals surface area contributed by atoms with Crippen LogP contribution in [0, 0.1) is 0 Å². The predicted molar refractivity (Wildman–Crippen MR) is 91.4 cm³/mol. The van der Waals surface area contributed by atoms with Crippen LogP contribution in [0.1, 0.15) is 41.2 Å². The summed E-state index contributed by atoms with van der Waals surface area (Å²) in [5.41, 5.74) is 11.4. The summed E-state index contributed by atoms with van der Waals surface area (Å²) >= 11 is 0. The molecule has 0 unspecified atom stereocenters. The molecule has 1 aliphatic heterocycles. The summed E-state index contributed by atoms with van der Waals surface area (Å²) < 4.78 is 71.1. The van der Waals surface area contributed by atoms with Gasteiger partial charge in [0.15, 0.2) is 12.3 Å². The van der Waals surface area contributed by atoms with Crippen molar-refractivity contribution in [2.75, 3.05) is 19.8 Å². The van der Waals surface area contributed by atoms with E-state index in [1.807, 2.05) is 0 Å². The number of amides is 1. The number of carbonyl (C=O) groups is 2. The lowest BCUT2D eigenvalue weighted by molar-refractivity contribution is -0.290. The third kappa shape index (κ3) is 6.23. The van der Waals surface area contributed by atoms with Crippen molar-refractivity contribution < 1.29 is 46.1 Å². The van der Waals surface area contributed by atoms with Crippen LogP contribution in [0.2, 0.25) is 0 Å². The molecular weight excluding hydrogens is 421 g/mol. The van der Waals surface area contributed by atoms with Gasteiger partial charge in [0.05, 0.1) is 0 Å². The molecule has 30 heavy (non-hydrogen) atoms. The van der Waals surface area contributed by atoms with Crippen LogP contribution in [0.15, 0.2) is 12.1 Å². The summed E-state index contributed by atoms with van der Waals surface area (Å²) in [5.74, 6) is -7.41. The molecule has 1 aromatic heterocycles. The van der Waals surface area contributed by atoms with Crippen molar-refractivity contribution in [3.63, 3.8) is 0 Å². The van der Waals surface area contributed by atoms with E-state index >= 15 is 0 Å². The molecule has 2 fully saturated rings. The zero-order chi connectivity index (χ0) is 22.7. The van der Waals surface area contributed by atoms with Crippen molar-refractivity contribution in [1.82, 2.24) is 4.98 Å². The Balaban J connectivity index is 0.000000297. The van der Waals surface area contributed by atoms with Crippen LogP contribution < -0.4 is 10.5 Å². The quantitative estimate of drug-likeness (QED) is 0.626. The molecule has 0 aromatic carbocycles. The lowest BCUT2D eigenvalue weighted by Crippen LogP contribution is -2.48. The van der Waals surface area contributed by atoms with Crippen molar-refractivity contribution in [1.29, 1.82) is 0 Å². The lowest BCUT2D eigenvalue weighted by Gasteiger charge is -2.45. The van der Waals surface area contributed by atoms with E-state index in [0.717, 1.165) is 18.9 Å². The first-order chi connectivity index (χ1) is 13.7. The molecule has 2 heterocycles. The van der Waals surface area contributed by atoms with E-state index in [2.05, 4.69) is 9.72 Å². The van der Waals surface area contributed by atoms with Gasteiger partial charge in [0.25, 0.3) is 0 Å². The van der Waals surface area contributed by atoms with Gasteiger partial charge < -0.3 is 26.0 Å². The van der Waals surface area contributed by atoms with Crippen molar-refractivity contribution in [2.45, 2.75) is 42.8 Å². The summed E-state index contributed by atoms with van der Waals surface area (Å²) in [6, 6.07) is 2.49. The van der Waals surface area contributed by atoms with Crippen molar-refractivity contribution >= 4 is 11.9 Å². The third-order valence-electron chi connectivity index (χ3n) is 4.20. The minimum absolute atomic E-state index is 0.0464. The topological polar surface area (TPSA) is 136 Å². The lowest BCUT2D eigenvalue weighted by atomic mass is 9.94. The molecule has 1 amide bonds. The van der Waals surface area contributed by atoms with E-state index in [1.165, 1.54) is 6.07 Å². The van der Waals surface area contributed by atoms with E-state index in [0.29, 0.717) is 18.8 Å². The van der Waals surface area contributed by atoms with Gasteiger partial charge in [-0.2, -0.15) is 22.0 Å². The second-order valence-corrected chi connectivity index (χ2v) is 7.08. The number of primary amides is 1. The van der Waals surface area contributed by atoms with E-state index in [-0.39, 0.29) is 12.3 Å². The molecule has 4 N–H and O–H groups in total. The minimum Gasteiger partial charge on any atom is -0.668 e. The number of pyridine rings is 1. The second kappa shape index (κ2) is 8.68. The maximum absolute atomic E-state index is 12.8. The Labute approximate surface area is 167 Å². The minimum atomic E-state index is -5.74. The van der Waals surface area contributed by atoms with E-state index < -0.39 is 47.7 Å². The van der Waals surface area contributed by atoms with E-state index in [9.17, 15) is 31.5 Å². The third-order valence-corrected chi connectivity index (χ3v) is 4.20. The fraction of sp³-hybridized carbons (Fsp3) is 0.588. The molecule has 13 heteroatoms. The smallest absolute Gasteiger partial charge is 0.456 e. The number of aromatic carboxylic acids is 1. The number of nitrogens with two attached hydrogens (primary N) is 1. The summed E-state index contributed by atoms with van der Waals surface area (Å²) in [6.45, 7) is -1.25. The van der Waals surface area contributed by atoms with Gasteiger partial charge in [0.1, 0.15) is 0 Å². The predicted octanol–water partition coefficient (Wildman–Crippen LogP) is 2.92. The molecular formula is C17H19F5N3O5-. The van der Waals surface area contributed by atoms with Crippen molar-refractivity contribution in [3.8, 4) is 5.88 Å². The highest BCUT2D eigenvalue weighted by Gasteiger charge is 2.58. The van der Waals surface area contributed by atoms with Gasteiger partial charge in [0.2, 0.25) is 11.8 Å². The van der Waals surface area contributed by atoms with Crippen LogP contribution in [0.3, 0.4) is 0 Å². The summed E-state index contributed by atoms with van der Waals surface area (Å²) in [7, 11) is 0. The Kier molecular flexibility index (Phi) is 6.87. The van der Waals surface area contributed by atoms with Crippen molar-refractivity contribution in [3.05, 3.63) is 29.1 Å². The fourth-order valence-corrected chi connectivity index (χ4v) is 2.42. The average Bonchev–Trinajstić information content (AvgIpc) is 3.42. The van der Waals surface area contributed by atoms with Gasteiger partial charge in [-0.15, -0.1) is 0 Å². The highest BCUT2D eigenvalue weighted by atomic mass is 19.4. The number of ether oxygens (including phenoxy) is 2. The van der Waals surface area contributed by atoms with Gasteiger partial charge in [0, 0.05) is 25.2 Å². The molecule has 2 aliphatic rings. The fourth-order valence-electron chi connectivity index (χ4n) is 2.42. The van der Waals surface area contributed by atoms with Crippen molar-refractivity contribution in [2.24, 2.45) is 5.73 Å². The SMILES string of the molecule is O=C(O)c1ccc(C2CC2)c(OCC(F)(F)C(F)(F)F)n1.[NH-]C1(CC(N)=O)COC1. The highest BCUT2D eigenvalue weighted by molar-refractivity contribution is 5.85. The normalized spacial score (nSPS) is 17.9. The number of hydrogen-bond acceptors (Lipinski definition) is 5. The number of alkyl halides is 5. The molecule has 0 bridgehead atoms. The average molecular weight is 440 g/mol. The zero-order valence-electron chi connectivity index (χ0n) is 15.5. The summed E-state index contributed by atoms with van der Waals surface area (Å²) in [4.78, 5) is 24.5. The monoisotopic (exact) mass is 440 g/mol. The molecule has 1 saturated heterocycles. The van der Waals surface area contributed by atoms with E-state index in [4.69, 9.17) is 21.3 Å². The van der Waals surface area contributed by atoms with Crippen LogP contribution in [0.25, 0.3) is 5.73 Å². The maximum Gasteiger partial charge on any atom is 0.456 e. The van der Waals surface area contributed by atoms with Crippen LogP contribution in [0.4, 0.5) is 22.0 Å². The zero-order valence-corrected chi connectivity index (χ0v) is 15.5. The van der Waals surface area contributed by atoms with Gasteiger partial charge >= 0.3 is 18.1 Å². The van der Waals surface area contributed by atoms with Gasteiger partial charge in [-0.1, -0.05) is 11.6 Å². The van der Waals surface area contributed by atoms with Crippen LogP contribution in [0.5, 0.6) is 5.88 Å². The number of carboxylic acids is 1. The summed E-state index contributed by atoms with van der Waals surface area (Å²) in [6.07, 6.45) is -4.18. The first-order valence-electron chi connectivity index (χ1n) is 8.67. The molecule has 3 rings (SSSR count). The maximum atomic E-state index is 12.8. The number of halogens is 5. The largest absolute Gasteiger partial charge is 0.668 e. The molecule has 1 saturated carbocycles. The first-order valence-corrected chi connectivity index (χ1v) is 8.67. The van der Waals surface area contributed by atoms with Gasteiger partial charge in [-0.3, -0.25) is 4.79 Å². The molecule has 168 valence electrons. The second-order valence-electron chi connectivity index (χ2n) is 7.08. The molecule has 0 atom stereocenters. The van der Waals surface area contributed by atoms with Gasteiger partial charge in [-0.05, 0) is 24.8 Å². The van der Waals surface area contributed by atoms with Crippen LogP contribution >= 0.6 is 0 Å². The first kappa shape index (κ1) is 23.7. The molecule has 1 aromatic rings. The number of carboxylic acid groups (broad SMARTS) is 1. The number of aromatic nitrogens is 1. The molecule has 0 spiro atoms. The number of carbonyl (C=O) groups excluding carboxylic acids is 1. The molecule has 8 nitrogen and oxygen atoms in total. The Morgan fingerprint density at radius 2 is 1.87 bits per heavy atom. The van der Waals surface area contributed by atoms with E-state index in [1.54, 1.807) is 0 Å². The van der Waals surface area contributed by atoms with Crippen LogP contribution in [-0.4, -0.2) is 59.4 Å². The standard InChI is InChI=1S/C12H10F5NO3.C5H9N2O2/c13-11(14,12(15,16)17)5-21-9-7(6-1-2-6)3-4-8(18-9)10(19)20;6-4(8)1-5(7)2-9-3-5/h3-4,6H,1-2,5H2,(H,19,20);7H,1-3H2,(H2,6,8)/q;-1. The Bertz CT molecular complexity index is 794. The Hall–Kier alpha value is -2.54. The Morgan fingerprint density at radius 3 is 2.23 bits per heavy atom. The molecule has 0 radical (unpaired) electrons. The summed E-state index contributed by atoms with van der Waals surface area (Å²) in [5, 5.41) is 8.77. The molecule has 1 aliphatic carbocycles. The number of rotatable bonds is 7. The number of nitrogens with one attached hydrogen (secondary N) is 1.